The first-order valence-corrected chi connectivity index (χ1v) is 6.40. The summed E-state index contributed by atoms with van der Waals surface area (Å²) in [5.74, 6) is -2.49. The Morgan fingerprint density at radius 2 is 2.06 bits per heavy atom. The maximum Gasteiger partial charge on any atom is 0.260 e. The highest BCUT2D eigenvalue weighted by Gasteiger charge is 2.32. The van der Waals surface area contributed by atoms with Gasteiger partial charge in [0.1, 0.15) is 17.2 Å². The van der Waals surface area contributed by atoms with Crippen LogP contribution in [0.4, 0.5) is 8.78 Å². The Labute approximate surface area is 112 Å². The Kier molecular flexibility index (Phi) is 3.97. The summed E-state index contributed by atoms with van der Waals surface area (Å²) in [4.78, 5) is 13.4. The van der Waals surface area contributed by atoms with Gasteiger partial charge < -0.3 is 10.0 Å². The number of rotatable bonds is 2. The van der Waals surface area contributed by atoms with Crippen molar-refractivity contribution in [2.24, 2.45) is 0 Å². The van der Waals surface area contributed by atoms with Crippen molar-refractivity contribution in [1.29, 1.82) is 0 Å². The standard InChI is InChI=1S/C12H12BrF2NO2/c13-7-4-9(14)11(10(15)5-7)12(18)16-3-1-2-8(16)6-17/h4-5,8,17H,1-3,6H2. The van der Waals surface area contributed by atoms with Crippen molar-refractivity contribution in [2.45, 2.75) is 18.9 Å². The number of likely N-dealkylation sites (tertiary alicyclic amines) is 1. The van der Waals surface area contributed by atoms with Crippen LogP contribution >= 0.6 is 15.9 Å². The Bertz CT molecular complexity index is 458. The average Bonchev–Trinajstić information content (AvgIpc) is 2.75. The molecule has 1 atom stereocenters. The number of carbonyl (C=O) groups is 1. The maximum absolute atomic E-state index is 13.7. The summed E-state index contributed by atoms with van der Waals surface area (Å²) in [6.07, 6.45) is 1.39. The quantitative estimate of drug-likeness (QED) is 0.909. The summed E-state index contributed by atoms with van der Waals surface area (Å²) in [5.41, 5.74) is -0.557. The molecule has 18 heavy (non-hydrogen) atoms. The predicted octanol–water partition coefficient (Wildman–Crippen LogP) is 2.32. The van der Waals surface area contributed by atoms with Gasteiger partial charge in [0.2, 0.25) is 0 Å². The molecule has 3 nitrogen and oxygen atoms in total. The Morgan fingerprint density at radius 3 is 2.61 bits per heavy atom. The van der Waals surface area contributed by atoms with Crippen molar-refractivity contribution in [2.75, 3.05) is 13.2 Å². The normalized spacial score (nSPS) is 19.3. The van der Waals surface area contributed by atoms with Crippen LogP contribution in [0.2, 0.25) is 0 Å². The van der Waals surface area contributed by atoms with E-state index in [9.17, 15) is 13.6 Å². The number of amides is 1. The van der Waals surface area contributed by atoms with Gasteiger partial charge in [-0.15, -0.1) is 0 Å². The van der Waals surface area contributed by atoms with Gasteiger partial charge in [0, 0.05) is 11.0 Å². The van der Waals surface area contributed by atoms with Crippen molar-refractivity contribution >= 4 is 21.8 Å². The Morgan fingerprint density at radius 1 is 1.44 bits per heavy atom. The molecule has 1 aromatic carbocycles. The van der Waals surface area contributed by atoms with Crippen LogP contribution in [0.1, 0.15) is 23.2 Å². The van der Waals surface area contributed by atoms with Gasteiger partial charge in [0.25, 0.3) is 5.91 Å². The first-order chi connectivity index (χ1) is 8.54. The van der Waals surface area contributed by atoms with Crippen LogP contribution in [0, 0.1) is 11.6 Å². The lowest BCUT2D eigenvalue weighted by molar-refractivity contribution is 0.0668. The predicted molar refractivity (Wildman–Crippen MR) is 65.2 cm³/mol. The van der Waals surface area contributed by atoms with E-state index in [1.165, 1.54) is 4.90 Å². The van der Waals surface area contributed by atoms with E-state index in [-0.39, 0.29) is 17.1 Å². The summed E-state index contributed by atoms with van der Waals surface area (Å²) < 4.78 is 27.6. The van der Waals surface area contributed by atoms with Crippen molar-refractivity contribution in [3.05, 3.63) is 33.8 Å². The summed E-state index contributed by atoms with van der Waals surface area (Å²) in [7, 11) is 0. The minimum absolute atomic E-state index is 0.189. The number of halogens is 3. The molecule has 1 unspecified atom stereocenters. The zero-order valence-corrected chi connectivity index (χ0v) is 11.1. The Hall–Kier alpha value is -1.01. The molecule has 1 N–H and O–H groups in total. The number of hydrogen-bond acceptors (Lipinski definition) is 2. The molecule has 0 aliphatic carbocycles. The van der Waals surface area contributed by atoms with Crippen molar-refractivity contribution in [1.82, 2.24) is 4.90 Å². The molecule has 6 heteroatoms. The summed E-state index contributed by atoms with van der Waals surface area (Å²) in [5, 5.41) is 9.13. The minimum Gasteiger partial charge on any atom is -0.394 e. The maximum atomic E-state index is 13.7. The summed E-state index contributed by atoms with van der Waals surface area (Å²) >= 11 is 2.96. The third-order valence-electron chi connectivity index (χ3n) is 3.07. The molecule has 1 saturated heterocycles. The number of nitrogens with zero attached hydrogens (tertiary/aromatic N) is 1. The third kappa shape index (κ3) is 2.40. The molecule has 1 aliphatic rings. The van der Waals surface area contributed by atoms with Gasteiger partial charge in [-0.1, -0.05) is 15.9 Å². The second-order valence-corrected chi connectivity index (χ2v) is 5.14. The molecule has 1 aliphatic heterocycles. The topological polar surface area (TPSA) is 40.5 Å². The number of hydrogen-bond donors (Lipinski definition) is 1. The molecule has 98 valence electrons. The highest BCUT2D eigenvalue weighted by atomic mass is 79.9. The van der Waals surface area contributed by atoms with Gasteiger partial charge in [0.15, 0.2) is 0 Å². The van der Waals surface area contributed by atoms with Crippen LogP contribution in [-0.4, -0.2) is 35.1 Å². The van der Waals surface area contributed by atoms with Gasteiger partial charge in [-0.25, -0.2) is 8.78 Å². The van der Waals surface area contributed by atoms with Gasteiger partial charge in [-0.2, -0.15) is 0 Å². The van der Waals surface area contributed by atoms with Crippen LogP contribution < -0.4 is 0 Å². The van der Waals surface area contributed by atoms with Gasteiger partial charge in [-0.05, 0) is 25.0 Å². The molecular formula is C12H12BrF2NO2. The van der Waals surface area contributed by atoms with Crippen LogP contribution in [0.3, 0.4) is 0 Å². The number of aliphatic hydroxyl groups is 1. The van der Waals surface area contributed by atoms with Gasteiger partial charge in [0.05, 0.1) is 12.6 Å². The van der Waals surface area contributed by atoms with E-state index in [1.807, 2.05) is 0 Å². The molecule has 1 heterocycles. The molecule has 1 fully saturated rings. The van der Waals surface area contributed by atoms with Gasteiger partial charge in [-0.3, -0.25) is 4.79 Å². The minimum atomic E-state index is -0.893. The highest BCUT2D eigenvalue weighted by Crippen LogP contribution is 2.24. The molecule has 0 aromatic heterocycles. The van der Waals surface area contributed by atoms with E-state index < -0.39 is 23.1 Å². The SMILES string of the molecule is O=C(c1c(F)cc(Br)cc1F)N1CCCC1CO. The second-order valence-electron chi connectivity index (χ2n) is 4.22. The zero-order chi connectivity index (χ0) is 13.3. The fourth-order valence-corrected chi connectivity index (χ4v) is 2.58. The lowest BCUT2D eigenvalue weighted by Gasteiger charge is -2.23. The van der Waals surface area contributed by atoms with E-state index >= 15 is 0 Å². The lowest BCUT2D eigenvalue weighted by atomic mass is 10.1. The Balaban J connectivity index is 2.34. The van der Waals surface area contributed by atoms with Gasteiger partial charge >= 0.3 is 0 Å². The summed E-state index contributed by atoms with van der Waals surface area (Å²) in [6.45, 7) is 0.227. The lowest BCUT2D eigenvalue weighted by Crippen LogP contribution is -2.38. The van der Waals surface area contributed by atoms with E-state index in [4.69, 9.17) is 5.11 Å². The fraction of sp³-hybridized carbons (Fsp3) is 0.417. The van der Waals surface area contributed by atoms with E-state index in [0.717, 1.165) is 18.6 Å². The van der Waals surface area contributed by atoms with E-state index in [2.05, 4.69) is 15.9 Å². The number of aliphatic hydroxyl groups excluding tert-OH is 1. The number of carbonyl (C=O) groups excluding carboxylic acids is 1. The van der Waals surface area contributed by atoms with E-state index in [1.54, 1.807) is 0 Å². The fourth-order valence-electron chi connectivity index (χ4n) is 2.18. The zero-order valence-electron chi connectivity index (χ0n) is 9.50. The third-order valence-corrected chi connectivity index (χ3v) is 3.53. The average molecular weight is 320 g/mol. The molecule has 0 spiro atoms. The van der Waals surface area contributed by atoms with Crippen LogP contribution in [0.25, 0.3) is 0 Å². The first kappa shape index (κ1) is 13.4. The van der Waals surface area contributed by atoms with Crippen molar-refractivity contribution in [3.8, 4) is 0 Å². The molecule has 0 bridgehead atoms. The van der Waals surface area contributed by atoms with E-state index in [0.29, 0.717) is 13.0 Å². The molecule has 0 radical (unpaired) electrons. The summed E-state index contributed by atoms with van der Waals surface area (Å²) in [6, 6.07) is 1.76. The molecule has 1 aromatic rings. The molecular weight excluding hydrogens is 308 g/mol. The molecule has 0 saturated carbocycles. The number of benzene rings is 1. The molecule has 1 amide bonds. The highest BCUT2D eigenvalue weighted by molar-refractivity contribution is 9.10. The first-order valence-electron chi connectivity index (χ1n) is 5.61. The smallest absolute Gasteiger partial charge is 0.260 e. The van der Waals surface area contributed by atoms with Crippen LogP contribution in [0.5, 0.6) is 0 Å². The van der Waals surface area contributed by atoms with Crippen LogP contribution in [0.15, 0.2) is 16.6 Å². The van der Waals surface area contributed by atoms with Crippen molar-refractivity contribution in [3.63, 3.8) is 0 Å². The largest absolute Gasteiger partial charge is 0.394 e. The molecule has 2 rings (SSSR count). The van der Waals surface area contributed by atoms with Crippen LogP contribution in [-0.2, 0) is 0 Å². The second kappa shape index (κ2) is 5.32. The van der Waals surface area contributed by atoms with Crippen molar-refractivity contribution < 1.29 is 18.7 Å². The monoisotopic (exact) mass is 319 g/mol.